The summed E-state index contributed by atoms with van der Waals surface area (Å²) in [6.45, 7) is 8.43. The molecule has 1 fully saturated rings. The number of hydrogen-bond donors (Lipinski definition) is 1. The highest BCUT2D eigenvalue weighted by molar-refractivity contribution is 5.98. The number of furan rings is 1. The standard InChI is InChI=1S/C28H32N4O4/c1-20(2)32(28(35)25-5-4-18-36-25)19-26(33)29-23-10-12-24(13-11-23)30-14-16-31(17-15-30)27(34)22-8-6-21(3)7-9-22/h4-13,18,20H,14-17,19H2,1-3H3,(H,29,33). The topological polar surface area (TPSA) is 86.1 Å². The van der Waals surface area contributed by atoms with E-state index in [4.69, 9.17) is 4.42 Å². The molecule has 1 aliphatic rings. The van der Waals surface area contributed by atoms with E-state index >= 15 is 0 Å². The van der Waals surface area contributed by atoms with Crippen LogP contribution in [0.15, 0.2) is 71.3 Å². The van der Waals surface area contributed by atoms with E-state index in [1.807, 2.05) is 74.2 Å². The van der Waals surface area contributed by atoms with Gasteiger partial charge in [0.25, 0.3) is 11.8 Å². The number of amides is 3. The summed E-state index contributed by atoms with van der Waals surface area (Å²) in [5, 5.41) is 2.87. The van der Waals surface area contributed by atoms with Crippen LogP contribution in [-0.4, -0.2) is 66.3 Å². The largest absolute Gasteiger partial charge is 0.459 e. The van der Waals surface area contributed by atoms with Crippen LogP contribution >= 0.6 is 0 Å². The Labute approximate surface area is 211 Å². The molecule has 3 aromatic rings. The normalized spacial score (nSPS) is 13.6. The van der Waals surface area contributed by atoms with E-state index in [1.54, 1.807) is 12.1 Å². The fourth-order valence-corrected chi connectivity index (χ4v) is 4.19. The van der Waals surface area contributed by atoms with Gasteiger partial charge in [0.1, 0.15) is 6.54 Å². The minimum atomic E-state index is -0.319. The maximum absolute atomic E-state index is 12.8. The first-order chi connectivity index (χ1) is 17.3. The van der Waals surface area contributed by atoms with Crippen LogP contribution in [0.1, 0.15) is 40.3 Å². The third kappa shape index (κ3) is 5.94. The number of nitrogens with one attached hydrogen (secondary N) is 1. The predicted molar refractivity (Wildman–Crippen MR) is 139 cm³/mol. The van der Waals surface area contributed by atoms with E-state index in [2.05, 4.69) is 10.2 Å². The van der Waals surface area contributed by atoms with Crippen molar-refractivity contribution in [2.24, 2.45) is 0 Å². The number of piperazine rings is 1. The lowest BCUT2D eigenvalue weighted by atomic mass is 10.1. The van der Waals surface area contributed by atoms with Crippen molar-refractivity contribution in [1.82, 2.24) is 9.80 Å². The smallest absolute Gasteiger partial charge is 0.290 e. The van der Waals surface area contributed by atoms with E-state index in [1.165, 1.54) is 11.2 Å². The number of nitrogens with zero attached hydrogens (tertiary/aromatic N) is 3. The molecule has 3 amide bonds. The molecule has 0 aliphatic carbocycles. The summed E-state index contributed by atoms with van der Waals surface area (Å²) in [6.07, 6.45) is 1.44. The van der Waals surface area contributed by atoms with Crippen LogP contribution in [0.5, 0.6) is 0 Å². The molecule has 36 heavy (non-hydrogen) atoms. The van der Waals surface area contributed by atoms with Crippen molar-refractivity contribution >= 4 is 29.1 Å². The number of anilines is 2. The maximum atomic E-state index is 12.8. The van der Waals surface area contributed by atoms with E-state index < -0.39 is 0 Å². The van der Waals surface area contributed by atoms with E-state index in [-0.39, 0.29) is 36.1 Å². The van der Waals surface area contributed by atoms with Crippen molar-refractivity contribution in [2.45, 2.75) is 26.8 Å². The Bertz CT molecular complexity index is 1180. The molecule has 0 bridgehead atoms. The van der Waals surface area contributed by atoms with Gasteiger partial charge in [0.05, 0.1) is 6.26 Å². The number of rotatable bonds is 7. The lowest BCUT2D eigenvalue weighted by molar-refractivity contribution is -0.117. The minimum absolute atomic E-state index is 0.0636. The molecule has 4 rings (SSSR count). The number of carbonyl (C=O) groups is 3. The summed E-state index contributed by atoms with van der Waals surface area (Å²) in [6, 6.07) is 18.4. The van der Waals surface area contributed by atoms with Gasteiger partial charge in [0.2, 0.25) is 5.91 Å². The van der Waals surface area contributed by atoms with Gasteiger partial charge in [0.15, 0.2) is 5.76 Å². The molecule has 8 nitrogen and oxygen atoms in total. The molecule has 1 N–H and O–H groups in total. The molecule has 0 saturated carbocycles. The van der Waals surface area contributed by atoms with Gasteiger partial charge in [-0.2, -0.15) is 0 Å². The Balaban J connectivity index is 1.29. The number of aryl methyl sites for hydroxylation is 1. The zero-order chi connectivity index (χ0) is 25.7. The summed E-state index contributed by atoms with van der Waals surface area (Å²) < 4.78 is 5.19. The highest BCUT2D eigenvalue weighted by Gasteiger charge is 2.24. The average molecular weight is 489 g/mol. The third-order valence-electron chi connectivity index (χ3n) is 6.31. The molecule has 2 aromatic carbocycles. The summed E-state index contributed by atoms with van der Waals surface area (Å²) in [4.78, 5) is 43.6. The molecule has 1 aliphatic heterocycles. The molecule has 188 valence electrons. The number of carbonyl (C=O) groups excluding carboxylic acids is 3. The van der Waals surface area contributed by atoms with Gasteiger partial charge in [0, 0.05) is 49.2 Å². The Morgan fingerprint density at radius 2 is 1.61 bits per heavy atom. The first-order valence-corrected chi connectivity index (χ1v) is 12.2. The van der Waals surface area contributed by atoms with E-state index in [0.29, 0.717) is 18.8 Å². The lowest BCUT2D eigenvalue weighted by Gasteiger charge is -2.36. The summed E-state index contributed by atoms with van der Waals surface area (Å²) in [5.41, 5.74) is 3.55. The SMILES string of the molecule is Cc1ccc(C(=O)N2CCN(c3ccc(NC(=O)CN(C(=O)c4ccco4)C(C)C)cc3)CC2)cc1. The zero-order valence-electron chi connectivity index (χ0n) is 20.9. The van der Waals surface area contributed by atoms with Gasteiger partial charge in [-0.25, -0.2) is 0 Å². The van der Waals surface area contributed by atoms with Gasteiger partial charge in [-0.05, 0) is 69.3 Å². The molecule has 8 heteroatoms. The summed E-state index contributed by atoms with van der Waals surface area (Å²) >= 11 is 0. The molecular weight excluding hydrogens is 456 g/mol. The minimum Gasteiger partial charge on any atom is -0.459 e. The zero-order valence-corrected chi connectivity index (χ0v) is 20.9. The highest BCUT2D eigenvalue weighted by atomic mass is 16.3. The van der Waals surface area contributed by atoms with Crippen molar-refractivity contribution in [3.8, 4) is 0 Å². The van der Waals surface area contributed by atoms with Crippen molar-refractivity contribution in [2.75, 3.05) is 42.9 Å². The van der Waals surface area contributed by atoms with Gasteiger partial charge in [-0.3, -0.25) is 14.4 Å². The summed E-state index contributed by atoms with van der Waals surface area (Å²) in [7, 11) is 0. The Kier molecular flexibility index (Phi) is 7.73. The molecule has 0 spiro atoms. The lowest BCUT2D eigenvalue weighted by Crippen LogP contribution is -2.48. The van der Waals surface area contributed by atoms with Crippen molar-refractivity contribution in [3.63, 3.8) is 0 Å². The summed E-state index contributed by atoms with van der Waals surface area (Å²) in [5.74, 6) is -0.324. The highest BCUT2D eigenvalue weighted by Crippen LogP contribution is 2.21. The van der Waals surface area contributed by atoms with Gasteiger partial charge in [-0.15, -0.1) is 0 Å². The van der Waals surface area contributed by atoms with Crippen LogP contribution in [0.3, 0.4) is 0 Å². The fraction of sp³-hybridized carbons (Fsp3) is 0.321. The first kappa shape index (κ1) is 25.0. The van der Waals surface area contributed by atoms with Crippen LogP contribution < -0.4 is 10.2 Å². The van der Waals surface area contributed by atoms with Crippen molar-refractivity contribution in [3.05, 3.63) is 83.8 Å². The Hall–Kier alpha value is -4.07. The molecule has 0 atom stereocenters. The Morgan fingerprint density at radius 1 is 0.944 bits per heavy atom. The number of benzene rings is 2. The van der Waals surface area contributed by atoms with Gasteiger partial charge in [-0.1, -0.05) is 17.7 Å². The van der Waals surface area contributed by atoms with Crippen molar-refractivity contribution < 1.29 is 18.8 Å². The maximum Gasteiger partial charge on any atom is 0.290 e. The second-order valence-electron chi connectivity index (χ2n) is 9.24. The number of hydrogen-bond acceptors (Lipinski definition) is 5. The third-order valence-corrected chi connectivity index (χ3v) is 6.31. The molecule has 0 radical (unpaired) electrons. The average Bonchev–Trinajstić information content (AvgIpc) is 3.43. The quantitative estimate of drug-likeness (QED) is 0.543. The Morgan fingerprint density at radius 3 is 2.19 bits per heavy atom. The van der Waals surface area contributed by atoms with Crippen molar-refractivity contribution in [1.29, 1.82) is 0 Å². The second kappa shape index (κ2) is 11.1. The first-order valence-electron chi connectivity index (χ1n) is 12.2. The fourth-order valence-electron chi connectivity index (χ4n) is 4.19. The van der Waals surface area contributed by atoms with Crippen LogP contribution in [0.4, 0.5) is 11.4 Å². The molecular formula is C28H32N4O4. The molecule has 1 saturated heterocycles. The monoisotopic (exact) mass is 488 g/mol. The van der Waals surface area contributed by atoms with Gasteiger partial charge >= 0.3 is 0 Å². The second-order valence-corrected chi connectivity index (χ2v) is 9.24. The van der Waals surface area contributed by atoms with Crippen LogP contribution in [0.25, 0.3) is 0 Å². The van der Waals surface area contributed by atoms with Crippen LogP contribution in [0, 0.1) is 6.92 Å². The molecule has 2 heterocycles. The molecule has 1 aromatic heterocycles. The van der Waals surface area contributed by atoms with Crippen LogP contribution in [0.2, 0.25) is 0 Å². The van der Waals surface area contributed by atoms with E-state index in [9.17, 15) is 14.4 Å². The van der Waals surface area contributed by atoms with Gasteiger partial charge < -0.3 is 24.4 Å². The molecule has 0 unspecified atom stereocenters. The van der Waals surface area contributed by atoms with Crippen LogP contribution in [-0.2, 0) is 4.79 Å². The predicted octanol–water partition coefficient (Wildman–Crippen LogP) is 4.04. The van der Waals surface area contributed by atoms with E-state index in [0.717, 1.165) is 29.9 Å².